The summed E-state index contributed by atoms with van der Waals surface area (Å²) in [5, 5.41) is 3.48. The smallest absolute Gasteiger partial charge is 0.370 e. The molecule has 0 aliphatic carbocycles. The van der Waals surface area contributed by atoms with E-state index < -0.39 is 54.6 Å². The van der Waals surface area contributed by atoms with Crippen molar-refractivity contribution in [1.29, 1.82) is 0 Å². The predicted molar refractivity (Wildman–Crippen MR) is 95.1 cm³/mol. The summed E-state index contributed by atoms with van der Waals surface area (Å²) >= 11 is 0. The molecule has 1 heterocycles. The van der Waals surface area contributed by atoms with Gasteiger partial charge in [-0.2, -0.15) is 8.78 Å². The monoisotopic (exact) mass is 456 g/mol. The van der Waals surface area contributed by atoms with Gasteiger partial charge in [-0.25, -0.2) is 17.6 Å². The van der Waals surface area contributed by atoms with Gasteiger partial charge < -0.3 is 26.0 Å². The van der Waals surface area contributed by atoms with Crippen molar-refractivity contribution in [2.75, 3.05) is 36.5 Å². The molecule has 0 aromatic heterocycles. The Morgan fingerprint density at radius 1 is 1.23 bits per heavy atom. The molecule has 1 fully saturated rings. The number of hydrogen-bond donors (Lipinski definition) is 3. The van der Waals surface area contributed by atoms with E-state index in [0.29, 0.717) is 0 Å². The van der Waals surface area contributed by atoms with Crippen LogP contribution in [0.15, 0.2) is 18.2 Å². The molecule has 8 nitrogen and oxygen atoms in total. The van der Waals surface area contributed by atoms with Crippen LogP contribution in [0.3, 0.4) is 0 Å². The molecule has 1 atom stereocenters. The van der Waals surface area contributed by atoms with Gasteiger partial charge in [-0.15, -0.1) is 0 Å². The highest BCUT2D eigenvalue weighted by Gasteiger charge is 2.49. The Balaban J connectivity index is 2.19. The predicted octanol–water partition coefficient (Wildman–Crippen LogP) is 1.27. The summed E-state index contributed by atoms with van der Waals surface area (Å²) in [6.45, 7) is -0.862. The number of hydrogen-bond acceptors (Lipinski definition) is 5. The first-order chi connectivity index (χ1) is 14.5. The quantitative estimate of drug-likeness (QED) is 0.510. The summed E-state index contributed by atoms with van der Waals surface area (Å²) in [6.07, 6.45) is -7.35. The molecule has 1 aromatic rings. The molecule has 1 saturated heterocycles. The minimum Gasteiger partial charge on any atom is -0.370 e. The fourth-order valence-corrected chi connectivity index (χ4v) is 2.64. The lowest BCUT2D eigenvalue weighted by atomic mass is 10.1. The number of amides is 3. The van der Waals surface area contributed by atoms with Crippen molar-refractivity contribution in [3.63, 3.8) is 0 Å². The summed E-state index contributed by atoms with van der Waals surface area (Å²) in [7, 11) is 0. The maximum absolute atomic E-state index is 13.5. The molecule has 1 aromatic carbocycles. The summed E-state index contributed by atoms with van der Waals surface area (Å²) in [5.74, 6) is -9.21. The molecule has 0 spiro atoms. The summed E-state index contributed by atoms with van der Waals surface area (Å²) in [6, 6.07) is 1.31. The first-order valence-corrected chi connectivity index (χ1v) is 8.77. The fourth-order valence-electron chi connectivity index (χ4n) is 2.64. The van der Waals surface area contributed by atoms with E-state index in [4.69, 9.17) is 10.5 Å². The molecule has 1 aliphatic heterocycles. The van der Waals surface area contributed by atoms with Gasteiger partial charge in [0.1, 0.15) is 12.6 Å². The minimum absolute atomic E-state index is 0.0316. The Labute approximate surface area is 171 Å². The number of ether oxygens (including phenoxy) is 1. The van der Waals surface area contributed by atoms with Crippen molar-refractivity contribution in [2.45, 2.75) is 24.8 Å². The Kier molecular flexibility index (Phi) is 7.84. The van der Waals surface area contributed by atoms with Crippen molar-refractivity contribution in [1.82, 2.24) is 5.32 Å². The Morgan fingerprint density at radius 3 is 2.45 bits per heavy atom. The van der Waals surface area contributed by atoms with Gasteiger partial charge in [0.2, 0.25) is 5.91 Å². The second-order valence-electron chi connectivity index (χ2n) is 6.35. The summed E-state index contributed by atoms with van der Waals surface area (Å²) < 4.78 is 82.6. The van der Waals surface area contributed by atoms with Crippen LogP contribution >= 0.6 is 0 Å². The van der Waals surface area contributed by atoms with E-state index in [-0.39, 0.29) is 31.1 Å². The molecule has 3 amide bonds. The van der Waals surface area contributed by atoms with Crippen LogP contribution in [0.1, 0.15) is 12.0 Å². The lowest BCUT2D eigenvalue weighted by Gasteiger charge is -2.29. The van der Waals surface area contributed by atoms with E-state index >= 15 is 0 Å². The largest absolute Gasteiger partial charge is 0.383 e. The number of nitrogens with two attached hydrogens (primary N) is 1. The third kappa shape index (κ3) is 5.64. The minimum atomic E-state index is -5.05. The van der Waals surface area contributed by atoms with Crippen molar-refractivity contribution < 1.29 is 45.5 Å². The van der Waals surface area contributed by atoms with Gasteiger partial charge in [-0.1, -0.05) is 0 Å². The number of alkyl halides is 6. The Bertz CT molecular complexity index is 839. The van der Waals surface area contributed by atoms with E-state index in [9.17, 15) is 40.7 Å². The van der Waals surface area contributed by atoms with Crippen molar-refractivity contribution >= 4 is 29.1 Å². The molecular formula is C17H18F6N4O4. The SMILES string of the molecule is NC[C@H](NC(=O)C(F)(F)C(F)F)C(=O)Nc1ccc(N2CCOCC2=O)c(C(F)F)c1. The average Bonchev–Trinajstić information content (AvgIpc) is 2.71. The molecule has 0 bridgehead atoms. The highest BCUT2D eigenvalue weighted by molar-refractivity contribution is 5.99. The van der Waals surface area contributed by atoms with Gasteiger partial charge in [0, 0.05) is 24.3 Å². The van der Waals surface area contributed by atoms with Gasteiger partial charge in [0.05, 0.1) is 12.3 Å². The second-order valence-corrected chi connectivity index (χ2v) is 6.35. The van der Waals surface area contributed by atoms with E-state index in [1.54, 1.807) is 0 Å². The lowest BCUT2D eigenvalue weighted by molar-refractivity contribution is -0.170. The van der Waals surface area contributed by atoms with Gasteiger partial charge >= 0.3 is 12.3 Å². The van der Waals surface area contributed by atoms with Crippen LogP contribution in [-0.4, -0.2) is 62.4 Å². The standard InChI is InChI=1S/C17H18F6N4O4/c18-13(19)9-5-8(1-2-11(9)27-3-4-31-7-12(27)28)25-14(29)10(6-24)26-16(30)17(22,23)15(20)21/h1-2,5,10,13,15H,3-4,6-7,24H2,(H,25,29)(H,26,30)/t10-/m0/s1. The van der Waals surface area contributed by atoms with Crippen LogP contribution in [0.25, 0.3) is 0 Å². The number of benzene rings is 1. The molecule has 172 valence electrons. The highest BCUT2D eigenvalue weighted by Crippen LogP contribution is 2.33. The number of halogens is 6. The number of rotatable bonds is 8. The first kappa shape index (κ1) is 24.4. The van der Waals surface area contributed by atoms with Crippen LogP contribution in [0.2, 0.25) is 0 Å². The van der Waals surface area contributed by atoms with Crippen LogP contribution in [-0.2, 0) is 19.1 Å². The lowest BCUT2D eigenvalue weighted by Crippen LogP contribution is -2.55. The number of carbonyl (C=O) groups is 3. The topological polar surface area (TPSA) is 114 Å². The zero-order chi connectivity index (χ0) is 23.3. The van der Waals surface area contributed by atoms with Gasteiger partial charge in [-0.05, 0) is 18.2 Å². The third-order valence-corrected chi connectivity index (χ3v) is 4.24. The summed E-state index contributed by atoms with van der Waals surface area (Å²) in [4.78, 5) is 36.5. The van der Waals surface area contributed by atoms with Crippen molar-refractivity contribution in [3.8, 4) is 0 Å². The second kappa shape index (κ2) is 9.96. The van der Waals surface area contributed by atoms with Crippen LogP contribution in [0.5, 0.6) is 0 Å². The first-order valence-electron chi connectivity index (χ1n) is 8.77. The zero-order valence-corrected chi connectivity index (χ0v) is 15.7. The Morgan fingerprint density at radius 2 is 1.90 bits per heavy atom. The zero-order valence-electron chi connectivity index (χ0n) is 15.7. The maximum Gasteiger partial charge on any atom is 0.383 e. The van der Waals surface area contributed by atoms with Gasteiger partial charge in [-0.3, -0.25) is 14.4 Å². The van der Waals surface area contributed by atoms with Crippen LogP contribution in [0, 0.1) is 0 Å². The molecular weight excluding hydrogens is 438 g/mol. The average molecular weight is 456 g/mol. The molecule has 0 radical (unpaired) electrons. The van der Waals surface area contributed by atoms with E-state index in [1.165, 1.54) is 5.32 Å². The summed E-state index contributed by atoms with van der Waals surface area (Å²) in [5.41, 5.74) is 4.29. The molecule has 4 N–H and O–H groups in total. The molecule has 0 saturated carbocycles. The molecule has 31 heavy (non-hydrogen) atoms. The number of nitrogens with zero attached hydrogens (tertiary/aromatic N) is 1. The number of carbonyl (C=O) groups excluding carboxylic acids is 3. The molecule has 2 rings (SSSR count). The van der Waals surface area contributed by atoms with Crippen LogP contribution < -0.4 is 21.3 Å². The number of nitrogens with one attached hydrogen (secondary N) is 2. The maximum atomic E-state index is 13.5. The van der Waals surface area contributed by atoms with E-state index in [2.05, 4.69) is 5.32 Å². The highest BCUT2D eigenvalue weighted by atomic mass is 19.3. The molecule has 0 unspecified atom stereocenters. The van der Waals surface area contributed by atoms with E-state index in [1.807, 2.05) is 0 Å². The Hall–Kier alpha value is -2.87. The van der Waals surface area contributed by atoms with Crippen molar-refractivity contribution in [3.05, 3.63) is 23.8 Å². The number of morpholine rings is 1. The molecule has 1 aliphatic rings. The van der Waals surface area contributed by atoms with Crippen LogP contribution in [0.4, 0.5) is 37.7 Å². The third-order valence-electron chi connectivity index (χ3n) is 4.24. The van der Waals surface area contributed by atoms with E-state index in [0.717, 1.165) is 23.1 Å². The van der Waals surface area contributed by atoms with Gasteiger partial charge in [0.15, 0.2) is 0 Å². The number of anilines is 2. The van der Waals surface area contributed by atoms with Gasteiger partial charge in [0.25, 0.3) is 18.2 Å². The molecule has 14 heteroatoms. The normalized spacial score (nSPS) is 15.9. The van der Waals surface area contributed by atoms with Crippen molar-refractivity contribution in [2.24, 2.45) is 5.73 Å². The fraction of sp³-hybridized carbons (Fsp3) is 0.471.